The number of rotatable bonds is 6. The Morgan fingerprint density at radius 2 is 2.03 bits per heavy atom. The van der Waals surface area contributed by atoms with Crippen LogP contribution in [0.15, 0.2) is 48.9 Å². The summed E-state index contributed by atoms with van der Waals surface area (Å²) < 4.78 is 27.3. The van der Waals surface area contributed by atoms with E-state index < -0.39 is 17.7 Å². The molecule has 5 heterocycles. The van der Waals surface area contributed by atoms with Gasteiger partial charge in [-0.2, -0.15) is 0 Å². The summed E-state index contributed by atoms with van der Waals surface area (Å²) in [7, 11) is 0. The molecule has 202 valence electrons. The van der Waals surface area contributed by atoms with Gasteiger partial charge >= 0.3 is 0 Å². The standard InChI is InChI=1S/C27H28F2N8OS/c1-14(15-2-4-18(28)19(29)8-15)37-13-36-20-6-7-31-26(24(20)27(37)38)33-10-16-3-5-23(39-16)21-9-17-22(11-32-21)34-12-35-25(17)30/h2-5,8-9,11-12,14,20,24,26,31,33,36H,6-7,10,13H2,1H3,(H2,30,34,35)/t14-,20?,24?,26?/m0/s1. The van der Waals surface area contributed by atoms with Gasteiger partial charge in [0.25, 0.3) is 0 Å². The van der Waals surface area contributed by atoms with Crippen molar-refractivity contribution in [1.29, 1.82) is 0 Å². The van der Waals surface area contributed by atoms with Gasteiger partial charge in [0.05, 0.1) is 47.1 Å². The fraction of sp³-hybridized carbons (Fsp3) is 0.333. The Kier molecular flexibility index (Phi) is 6.94. The molecule has 5 N–H and O–H groups in total. The lowest BCUT2D eigenvalue weighted by atomic mass is 9.86. The molecule has 6 rings (SSSR count). The second-order valence-corrected chi connectivity index (χ2v) is 11.0. The predicted octanol–water partition coefficient (Wildman–Crippen LogP) is 3.16. The van der Waals surface area contributed by atoms with E-state index >= 15 is 0 Å². The van der Waals surface area contributed by atoms with Crippen molar-refractivity contribution in [2.75, 3.05) is 18.9 Å². The number of hydrogen-bond donors (Lipinski definition) is 4. The lowest BCUT2D eigenvalue weighted by Crippen LogP contribution is -2.68. The van der Waals surface area contributed by atoms with E-state index in [1.807, 2.05) is 25.1 Å². The maximum Gasteiger partial charge on any atom is 0.231 e. The molecule has 9 nitrogen and oxygen atoms in total. The first-order chi connectivity index (χ1) is 18.9. The van der Waals surface area contributed by atoms with Gasteiger partial charge in [-0.1, -0.05) is 6.07 Å². The Balaban J connectivity index is 1.16. The number of carbonyl (C=O) groups excluding carboxylic acids is 1. The molecule has 0 spiro atoms. The quantitative estimate of drug-likeness (QED) is 0.289. The van der Waals surface area contributed by atoms with Crippen LogP contribution in [0.1, 0.15) is 29.8 Å². The number of fused-ring (bicyclic) bond motifs is 2. The van der Waals surface area contributed by atoms with Crippen LogP contribution in [0, 0.1) is 17.6 Å². The van der Waals surface area contributed by atoms with Crippen LogP contribution in [0.5, 0.6) is 0 Å². The fourth-order valence-electron chi connectivity index (χ4n) is 5.38. The molecular formula is C27H28F2N8OS. The van der Waals surface area contributed by atoms with Crippen molar-refractivity contribution < 1.29 is 13.6 Å². The normalized spacial score (nSPS) is 22.2. The number of thiophene rings is 1. The summed E-state index contributed by atoms with van der Waals surface area (Å²) in [6.07, 6.45) is 3.70. The number of piperidine rings is 1. The highest BCUT2D eigenvalue weighted by atomic mass is 32.1. The summed E-state index contributed by atoms with van der Waals surface area (Å²) in [6.45, 7) is 3.53. The lowest BCUT2D eigenvalue weighted by Gasteiger charge is -2.47. The van der Waals surface area contributed by atoms with Crippen LogP contribution in [0.3, 0.4) is 0 Å². The molecule has 1 aromatic carbocycles. The first-order valence-electron chi connectivity index (χ1n) is 12.8. The van der Waals surface area contributed by atoms with Crippen molar-refractivity contribution in [2.45, 2.75) is 38.1 Å². The smallest absolute Gasteiger partial charge is 0.231 e. The first kappa shape index (κ1) is 25.7. The van der Waals surface area contributed by atoms with Gasteiger partial charge in [0, 0.05) is 22.8 Å². The second kappa shape index (κ2) is 10.5. The maximum absolute atomic E-state index is 13.9. The average molecular weight is 551 g/mol. The Morgan fingerprint density at radius 1 is 1.15 bits per heavy atom. The van der Waals surface area contributed by atoms with Crippen molar-refractivity contribution in [3.8, 4) is 10.6 Å². The number of pyridine rings is 1. The number of aromatic nitrogens is 3. The van der Waals surface area contributed by atoms with Gasteiger partial charge < -0.3 is 16.0 Å². The molecule has 2 fully saturated rings. The van der Waals surface area contributed by atoms with Crippen LogP contribution in [0.2, 0.25) is 0 Å². The minimum absolute atomic E-state index is 0.0206. The van der Waals surface area contributed by atoms with Gasteiger partial charge in [0.15, 0.2) is 11.6 Å². The Morgan fingerprint density at radius 3 is 2.87 bits per heavy atom. The number of benzene rings is 1. The second-order valence-electron chi connectivity index (χ2n) is 9.86. The third kappa shape index (κ3) is 4.96. The SMILES string of the molecule is C[C@@H](c1ccc(F)c(F)c1)N1CNC2CCNC(NCc3ccc(-c4cc5c(N)ncnc5cn4)s3)C2C1=O. The molecule has 2 aliphatic rings. The molecule has 0 radical (unpaired) electrons. The number of nitrogens with zero attached hydrogens (tertiary/aromatic N) is 4. The van der Waals surface area contributed by atoms with Crippen LogP contribution in [-0.4, -0.2) is 51.2 Å². The van der Waals surface area contributed by atoms with Crippen molar-refractivity contribution >= 4 is 34.0 Å². The number of hydrogen-bond acceptors (Lipinski definition) is 9. The highest BCUT2D eigenvalue weighted by molar-refractivity contribution is 7.15. The van der Waals surface area contributed by atoms with E-state index in [-0.39, 0.29) is 24.0 Å². The van der Waals surface area contributed by atoms with Gasteiger partial charge in [-0.05, 0) is 55.8 Å². The molecule has 3 unspecified atom stereocenters. The van der Waals surface area contributed by atoms with Crippen LogP contribution >= 0.6 is 11.3 Å². The third-order valence-corrected chi connectivity index (χ3v) is 8.67. The van der Waals surface area contributed by atoms with Crippen LogP contribution < -0.4 is 21.7 Å². The van der Waals surface area contributed by atoms with Crippen LogP contribution in [0.4, 0.5) is 14.6 Å². The lowest BCUT2D eigenvalue weighted by molar-refractivity contribution is -0.146. The maximum atomic E-state index is 13.9. The topological polar surface area (TPSA) is 121 Å². The van der Waals surface area contributed by atoms with Gasteiger partial charge in [-0.15, -0.1) is 11.3 Å². The number of amides is 1. The van der Waals surface area contributed by atoms with Gasteiger partial charge in [-0.25, -0.2) is 18.7 Å². The van der Waals surface area contributed by atoms with E-state index in [2.05, 4.69) is 30.9 Å². The summed E-state index contributed by atoms with van der Waals surface area (Å²) in [4.78, 5) is 30.3. The summed E-state index contributed by atoms with van der Waals surface area (Å²) in [5, 5.41) is 11.2. The number of nitrogens with two attached hydrogens (primary N) is 1. The fourth-order valence-corrected chi connectivity index (χ4v) is 6.30. The number of carbonyl (C=O) groups is 1. The first-order valence-corrected chi connectivity index (χ1v) is 13.6. The molecular weight excluding hydrogens is 522 g/mol. The molecule has 4 aromatic rings. The monoisotopic (exact) mass is 550 g/mol. The predicted molar refractivity (Wildman–Crippen MR) is 145 cm³/mol. The zero-order chi connectivity index (χ0) is 27.1. The van der Waals surface area contributed by atoms with E-state index in [1.54, 1.807) is 22.4 Å². The van der Waals surface area contributed by atoms with Crippen molar-refractivity contribution in [3.63, 3.8) is 0 Å². The van der Waals surface area contributed by atoms with Crippen LogP contribution in [0.25, 0.3) is 21.5 Å². The van der Waals surface area contributed by atoms with E-state index in [4.69, 9.17) is 5.73 Å². The molecule has 12 heteroatoms. The Hall–Kier alpha value is -3.58. The highest BCUT2D eigenvalue weighted by Gasteiger charge is 2.44. The van der Waals surface area contributed by atoms with E-state index in [0.717, 1.165) is 45.9 Å². The molecule has 2 saturated heterocycles. The molecule has 39 heavy (non-hydrogen) atoms. The summed E-state index contributed by atoms with van der Waals surface area (Å²) in [5.74, 6) is -1.77. The molecule has 0 saturated carbocycles. The summed E-state index contributed by atoms with van der Waals surface area (Å²) >= 11 is 1.61. The summed E-state index contributed by atoms with van der Waals surface area (Å²) in [6, 6.07) is 9.37. The molecule has 1 amide bonds. The third-order valence-electron chi connectivity index (χ3n) is 7.56. The molecule has 0 bridgehead atoms. The summed E-state index contributed by atoms with van der Waals surface area (Å²) in [5.41, 5.74) is 8.06. The van der Waals surface area contributed by atoms with Gasteiger partial charge in [0.1, 0.15) is 12.1 Å². The van der Waals surface area contributed by atoms with Crippen LogP contribution in [-0.2, 0) is 11.3 Å². The zero-order valence-corrected chi connectivity index (χ0v) is 22.0. The number of halogens is 2. The largest absolute Gasteiger partial charge is 0.383 e. The van der Waals surface area contributed by atoms with E-state index in [9.17, 15) is 13.6 Å². The number of anilines is 1. The van der Waals surface area contributed by atoms with Crippen molar-refractivity contribution in [1.82, 2.24) is 35.8 Å². The van der Waals surface area contributed by atoms with Crippen molar-refractivity contribution in [3.05, 3.63) is 71.0 Å². The number of nitrogens with one attached hydrogen (secondary N) is 3. The van der Waals surface area contributed by atoms with Crippen molar-refractivity contribution in [2.24, 2.45) is 5.92 Å². The minimum atomic E-state index is -0.917. The van der Waals surface area contributed by atoms with Gasteiger partial charge in [0.2, 0.25) is 5.91 Å². The van der Waals surface area contributed by atoms with E-state index in [0.29, 0.717) is 30.1 Å². The van der Waals surface area contributed by atoms with E-state index in [1.165, 1.54) is 12.4 Å². The number of nitrogen functional groups attached to an aromatic ring is 1. The molecule has 0 aliphatic carbocycles. The Labute approximate surface area is 227 Å². The highest BCUT2D eigenvalue weighted by Crippen LogP contribution is 2.32. The van der Waals surface area contributed by atoms with Gasteiger partial charge in [-0.3, -0.25) is 20.4 Å². The zero-order valence-electron chi connectivity index (χ0n) is 21.2. The minimum Gasteiger partial charge on any atom is -0.383 e. The Bertz CT molecular complexity index is 1530. The molecule has 3 aromatic heterocycles. The molecule has 4 atom stereocenters. The molecule has 2 aliphatic heterocycles. The average Bonchev–Trinajstić information content (AvgIpc) is 3.42.